The number of hydrogen-bond donors (Lipinski definition) is 0. The summed E-state index contributed by atoms with van der Waals surface area (Å²) < 4.78 is 24.8. The van der Waals surface area contributed by atoms with E-state index in [1.165, 1.54) is 0 Å². The normalized spacial score (nSPS) is 16.6. The summed E-state index contributed by atoms with van der Waals surface area (Å²) in [7, 11) is 0. The molecule has 4 rings (SSSR count). The third-order valence-electron chi connectivity index (χ3n) is 3.33. The Kier molecular flexibility index (Phi) is 3.36. The molecule has 3 aromatic rings. The highest BCUT2D eigenvalue weighted by molar-refractivity contribution is 7.93. The summed E-state index contributed by atoms with van der Waals surface area (Å²) in [6.07, 6.45) is 3.00. The first-order valence-electron chi connectivity index (χ1n) is 6.62. The molecule has 0 saturated carbocycles. The van der Waals surface area contributed by atoms with Crippen LogP contribution >= 0.6 is 12.2 Å². The molecule has 0 amide bonds. The molecular weight excluding hydrogens is 302 g/mol. The zero-order chi connectivity index (χ0) is 14.8. The van der Waals surface area contributed by atoms with E-state index in [1.807, 2.05) is 48.5 Å². The molecular formula is C16H10NO4S. The van der Waals surface area contributed by atoms with Crippen LogP contribution in [0.2, 0.25) is 0 Å². The average Bonchev–Trinajstić information content (AvgIpc) is 2.90. The molecule has 6 heteroatoms. The summed E-state index contributed by atoms with van der Waals surface area (Å²) in [5.74, 6) is 0.891. The molecule has 0 spiro atoms. The van der Waals surface area contributed by atoms with Gasteiger partial charge in [-0.05, 0) is 18.2 Å². The Hall–Kier alpha value is -2.60. The van der Waals surface area contributed by atoms with Gasteiger partial charge in [0.05, 0.1) is 12.1 Å². The maximum atomic E-state index is 5.50. The Balaban J connectivity index is 1.91. The van der Waals surface area contributed by atoms with Gasteiger partial charge in [0.2, 0.25) is 12.2 Å². The minimum absolute atomic E-state index is 0.346. The third-order valence-corrected chi connectivity index (χ3v) is 3.77. The van der Waals surface area contributed by atoms with Gasteiger partial charge in [0.25, 0.3) is 0 Å². The maximum Gasteiger partial charge on any atom is 0.201 e. The van der Waals surface area contributed by atoms with Crippen molar-refractivity contribution in [1.82, 2.24) is 0 Å². The molecule has 0 N–H and O–H groups in total. The van der Waals surface area contributed by atoms with Crippen LogP contribution in [0, 0.1) is 0 Å². The topological polar surface area (TPSA) is 61.0 Å². The van der Waals surface area contributed by atoms with E-state index in [-0.39, 0.29) is 5.92 Å². The molecule has 1 aliphatic rings. The Morgan fingerprint density at radius 1 is 1.00 bits per heavy atom. The largest absolute Gasteiger partial charge is 0.404 e. The van der Waals surface area contributed by atoms with Crippen molar-refractivity contribution in [3.63, 3.8) is 0 Å². The van der Waals surface area contributed by atoms with Crippen LogP contribution in [0.5, 0.6) is 5.75 Å². The molecule has 2 aromatic carbocycles. The Morgan fingerprint density at radius 3 is 2.86 bits per heavy atom. The molecule has 0 saturated heterocycles. The molecule has 1 unspecified atom stereocenters. The van der Waals surface area contributed by atoms with Crippen LogP contribution < -0.4 is 4.18 Å². The molecule has 0 aliphatic carbocycles. The van der Waals surface area contributed by atoms with Gasteiger partial charge in [-0.2, -0.15) is 4.40 Å². The summed E-state index contributed by atoms with van der Waals surface area (Å²) >= 11 is 0.976. The van der Waals surface area contributed by atoms with Crippen LogP contribution in [0.4, 0.5) is 0 Å². The van der Waals surface area contributed by atoms with Crippen LogP contribution in [0.15, 0.2) is 72.9 Å². The van der Waals surface area contributed by atoms with Crippen molar-refractivity contribution in [3.8, 4) is 5.75 Å². The van der Waals surface area contributed by atoms with E-state index >= 15 is 0 Å². The van der Waals surface area contributed by atoms with Gasteiger partial charge in [-0.3, -0.25) is 9.15 Å². The number of benzene rings is 2. The Morgan fingerprint density at radius 2 is 1.86 bits per heavy atom. The molecule has 0 bridgehead atoms. The summed E-state index contributed by atoms with van der Waals surface area (Å²) in [5, 5.41) is 0.854. The van der Waals surface area contributed by atoms with Crippen LogP contribution in [0.1, 0.15) is 17.2 Å². The van der Waals surface area contributed by atoms with Crippen molar-refractivity contribution < 1.29 is 18.1 Å². The van der Waals surface area contributed by atoms with E-state index in [2.05, 4.69) is 10.6 Å². The van der Waals surface area contributed by atoms with Gasteiger partial charge in [-0.15, -0.1) is 0 Å². The summed E-state index contributed by atoms with van der Waals surface area (Å²) in [5.41, 5.74) is 1.48. The fourth-order valence-corrected chi connectivity index (χ4v) is 2.71. The number of rotatable bonds is 1. The SMILES string of the molecule is [C]1=NSOc2ccccc2C1c1cc2ccccc2ooo1. The van der Waals surface area contributed by atoms with Crippen LogP contribution in [-0.4, -0.2) is 6.21 Å². The lowest BCUT2D eigenvalue weighted by atomic mass is 9.96. The summed E-state index contributed by atoms with van der Waals surface area (Å²) in [6, 6.07) is 17.0. The molecule has 1 aromatic heterocycles. The fraction of sp³-hybridized carbons (Fsp3) is 0.0625. The highest BCUT2D eigenvalue weighted by Gasteiger charge is 2.23. The number of hydrogen-bond acceptors (Lipinski definition) is 6. The van der Waals surface area contributed by atoms with Crippen molar-refractivity contribution >= 4 is 29.4 Å². The molecule has 109 valence electrons. The highest BCUT2D eigenvalue weighted by atomic mass is 32.2. The molecule has 0 fully saturated rings. The van der Waals surface area contributed by atoms with Gasteiger partial charge < -0.3 is 4.18 Å². The standard InChI is InChI=1S/C16H10NO4S/c1-3-7-14-11(5-1)9-16(19-21-18-14)13-10-17-22-20-15-8-4-2-6-12(13)15/h1-9,13H. The van der Waals surface area contributed by atoms with Gasteiger partial charge in [0.1, 0.15) is 5.75 Å². The van der Waals surface area contributed by atoms with Crippen LogP contribution in [-0.2, 0) is 0 Å². The number of para-hydroxylation sites is 2. The summed E-state index contributed by atoms with van der Waals surface area (Å²) in [4.78, 5) is 0. The second kappa shape index (κ2) is 5.65. The maximum absolute atomic E-state index is 5.50. The van der Waals surface area contributed by atoms with E-state index in [0.29, 0.717) is 17.1 Å². The van der Waals surface area contributed by atoms with E-state index in [0.717, 1.165) is 23.2 Å². The van der Waals surface area contributed by atoms with Crippen molar-refractivity contribution in [3.05, 3.63) is 65.9 Å². The second-order valence-electron chi connectivity index (χ2n) is 4.67. The molecule has 1 radical (unpaired) electrons. The number of nitrogens with zero attached hydrogens (tertiary/aromatic N) is 1. The van der Waals surface area contributed by atoms with Crippen molar-refractivity contribution in [2.75, 3.05) is 0 Å². The number of fused-ring (bicyclic) bond motifs is 2. The molecule has 2 heterocycles. The van der Waals surface area contributed by atoms with Gasteiger partial charge in [0, 0.05) is 10.9 Å². The van der Waals surface area contributed by atoms with Gasteiger partial charge in [0.15, 0.2) is 11.3 Å². The monoisotopic (exact) mass is 312 g/mol. The highest BCUT2D eigenvalue weighted by Crippen LogP contribution is 2.35. The first-order valence-corrected chi connectivity index (χ1v) is 7.32. The predicted molar refractivity (Wildman–Crippen MR) is 82.3 cm³/mol. The predicted octanol–water partition coefficient (Wildman–Crippen LogP) is 4.78. The minimum atomic E-state index is -0.346. The summed E-state index contributed by atoms with van der Waals surface area (Å²) in [6.45, 7) is 0. The quantitative estimate of drug-likeness (QED) is 0.368. The minimum Gasteiger partial charge on any atom is -0.404 e. The Labute approximate surface area is 130 Å². The fourth-order valence-electron chi connectivity index (χ4n) is 2.29. The molecule has 1 atom stereocenters. The molecule has 1 aliphatic heterocycles. The van der Waals surface area contributed by atoms with Gasteiger partial charge in [-0.25, -0.2) is 0 Å². The zero-order valence-corrected chi connectivity index (χ0v) is 12.1. The lowest BCUT2D eigenvalue weighted by Gasteiger charge is -2.09. The van der Waals surface area contributed by atoms with Gasteiger partial charge >= 0.3 is 0 Å². The van der Waals surface area contributed by atoms with Crippen LogP contribution in [0.25, 0.3) is 11.0 Å². The molecule has 22 heavy (non-hydrogen) atoms. The van der Waals surface area contributed by atoms with Gasteiger partial charge in [-0.1, -0.05) is 41.1 Å². The van der Waals surface area contributed by atoms with E-state index < -0.39 is 0 Å². The molecule has 5 nitrogen and oxygen atoms in total. The Bertz CT molecular complexity index is 875. The lowest BCUT2D eigenvalue weighted by molar-refractivity contribution is -0.172. The average molecular weight is 312 g/mol. The third kappa shape index (κ3) is 2.37. The van der Waals surface area contributed by atoms with Crippen molar-refractivity contribution in [1.29, 1.82) is 0 Å². The van der Waals surface area contributed by atoms with Crippen molar-refractivity contribution in [2.24, 2.45) is 4.40 Å². The van der Waals surface area contributed by atoms with E-state index in [4.69, 9.17) is 18.1 Å². The second-order valence-corrected chi connectivity index (χ2v) is 5.17. The zero-order valence-electron chi connectivity index (χ0n) is 11.3. The van der Waals surface area contributed by atoms with Crippen molar-refractivity contribution in [2.45, 2.75) is 5.92 Å². The van der Waals surface area contributed by atoms with E-state index in [1.54, 1.807) is 6.07 Å². The first kappa shape index (κ1) is 13.1. The lowest BCUT2D eigenvalue weighted by Crippen LogP contribution is -2.01. The van der Waals surface area contributed by atoms with Crippen LogP contribution in [0.3, 0.4) is 0 Å². The van der Waals surface area contributed by atoms with E-state index in [9.17, 15) is 0 Å². The first-order chi connectivity index (χ1) is 10.9. The smallest absolute Gasteiger partial charge is 0.201 e.